The zero-order valence-corrected chi connectivity index (χ0v) is 12.8. The van der Waals surface area contributed by atoms with Crippen molar-refractivity contribution in [2.75, 3.05) is 33.4 Å². The monoisotopic (exact) mass is 299 g/mol. The molecule has 2 N–H and O–H groups in total. The van der Waals surface area contributed by atoms with Crippen LogP contribution in [0.3, 0.4) is 0 Å². The van der Waals surface area contributed by atoms with Crippen LogP contribution in [0.2, 0.25) is 0 Å². The van der Waals surface area contributed by atoms with E-state index in [2.05, 4.69) is 10.6 Å². The molecule has 1 fully saturated rings. The Morgan fingerprint density at radius 1 is 1.19 bits per heavy atom. The molecular weight excluding hydrogens is 274 g/mol. The maximum atomic E-state index is 11.8. The molecule has 0 aromatic heterocycles. The van der Waals surface area contributed by atoms with E-state index in [0.717, 1.165) is 12.8 Å². The van der Waals surface area contributed by atoms with E-state index in [0.29, 0.717) is 32.5 Å². The van der Waals surface area contributed by atoms with Crippen LogP contribution in [0.15, 0.2) is 0 Å². The third-order valence-corrected chi connectivity index (χ3v) is 3.50. The number of carbonyl (C=O) groups excluding carboxylic acids is 3. The van der Waals surface area contributed by atoms with E-state index in [1.807, 2.05) is 0 Å². The van der Waals surface area contributed by atoms with Gasteiger partial charge in [0.15, 0.2) is 0 Å². The molecule has 1 rings (SSSR count). The molecule has 120 valence electrons. The number of piperidine rings is 1. The smallest absolute Gasteiger partial charge is 0.239 e. The Balaban J connectivity index is 2.22. The number of ether oxygens (including phenoxy) is 1. The molecule has 7 nitrogen and oxygen atoms in total. The molecule has 7 heteroatoms. The lowest BCUT2D eigenvalue weighted by molar-refractivity contribution is -0.133. The van der Waals surface area contributed by atoms with Gasteiger partial charge in [-0.25, -0.2) is 0 Å². The molecule has 1 aliphatic rings. The van der Waals surface area contributed by atoms with Crippen LogP contribution in [0.1, 0.15) is 32.6 Å². The van der Waals surface area contributed by atoms with Gasteiger partial charge >= 0.3 is 0 Å². The van der Waals surface area contributed by atoms with Crippen LogP contribution >= 0.6 is 0 Å². The summed E-state index contributed by atoms with van der Waals surface area (Å²) in [6.07, 6.45) is 2.25. The van der Waals surface area contributed by atoms with Gasteiger partial charge in [0, 0.05) is 32.7 Å². The van der Waals surface area contributed by atoms with Crippen LogP contribution in [0.4, 0.5) is 0 Å². The Morgan fingerprint density at radius 2 is 1.86 bits per heavy atom. The van der Waals surface area contributed by atoms with Gasteiger partial charge in [0.1, 0.15) is 0 Å². The summed E-state index contributed by atoms with van der Waals surface area (Å²) in [5.74, 6) is -0.221. The highest BCUT2D eigenvalue weighted by atomic mass is 16.5. The predicted molar refractivity (Wildman–Crippen MR) is 77.5 cm³/mol. The predicted octanol–water partition coefficient (Wildman–Crippen LogP) is -0.344. The Bertz CT molecular complexity index is 365. The van der Waals surface area contributed by atoms with Crippen LogP contribution in [-0.2, 0) is 19.1 Å². The first-order valence-corrected chi connectivity index (χ1v) is 7.39. The highest BCUT2D eigenvalue weighted by molar-refractivity contribution is 5.84. The third-order valence-electron chi connectivity index (χ3n) is 3.50. The largest absolute Gasteiger partial charge is 0.384 e. The second-order valence-corrected chi connectivity index (χ2v) is 5.10. The normalized spacial score (nSPS) is 15.6. The van der Waals surface area contributed by atoms with Gasteiger partial charge in [0.25, 0.3) is 0 Å². The molecule has 0 aromatic rings. The summed E-state index contributed by atoms with van der Waals surface area (Å²) >= 11 is 0. The van der Waals surface area contributed by atoms with Crippen LogP contribution < -0.4 is 10.6 Å². The van der Waals surface area contributed by atoms with Crippen molar-refractivity contribution in [2.24, 2.45) is 0 Å². The fraction of sp³-hybridized carbons (Fsp3) is 0.786. The molecule has 3 amide bonds. The van der Waals surface area contributed by atoms with Gasteiger partial charge in [0.2, 0.25) is 17.7 Å². The lowest BCUT2D eigenvalue weighted by Gasteiger charge is -2.32. The van der Waals surface area contributed by atoms with Crippen molar-refractivity contribution in [3.8, 4) is 0 Å². The van der Waals surface area contributed by atoms with Gasteiger partial charge in [-0.3, -0.25) is 14.4 Å². The summed E-state index contributed by atoms with van der Waals surface area (Å²) in [5, 5.41) is 5.43. The molecule has 0 radical (unpaired) electrons. The number of hydrogen-bond acceptors (Lipinski definition) is 4. The van der Waals surface area contributed by atoms with Crippen molar-refractivity contribution < 1.29 is 19.1 Å². The van der Waals surface area contributed by atoms with E-state index < -0.39 is 0 Å². The highest BCUT2D eigenvalue weighted by Crippen LogP contribution is 2.11. The average Bonchev–Trinajstić information content (AvgIpc) is 2.50. The zero-order chi connectivity index (χ0) is 15.7. The van der Waals surface area contributed by atoms with E-state index in [1.165, 1.54) is 0 Å². The number of nitrogens with zero attached hydrogens (tertiary/aromatic N) is 1. The summed E-state index contributed by atoms with van der Waals surface area (Å²) in [5.41, 5.74) is 0. The maximum Gasteiger partial charge on any atom is 0.239 e. The summed E-state index contributed by atoms with van der Waals surface area (Å²) in [4.78, 5) is 36.3. The fourth-order valence-corrected chi connectivity index (χ4v) is 2.20. The van der Waals surface area contributed by atoms with Crippen LogP contribution in [0.25, 0.3) is 0 Å². The number of hydrogen-bond donors (Lipinski definition) is 2. The van der Waals surface area contributed by atoms with Gasteiger partial charge in [-0.05, 0) is 12.8 Å². The van der Waals surface area contributed by atoms with Gasteiger partial charge in [0.05, 0.1) is 19.6 Å². The molecule has 0 aromatic carbocycles. The van der Waals surface area contributed by atoms with Crippen molar-refractivity contribution in [3.63, 3.8) is 0 Å². The Labute approximate surface area is 125 Å². The minimum Gasteiger partial charge on any atom is -0.384 e. The van der Waals surface area contributed by atoms with Crippen molar-refractivity contribution >= 4 is 17.7 Å². The molecule has 0 spiro atoms. The van der Waals surface area contributed by atoms with E-state index in [1.54, 1.807) is 18.9 Å². The van der Waals surface area contributed by atoms with E-state index in [-0.39, 0.29) is 30.3 Å². The molecule has 0 saturated carbocycles. The summed E-state index contributed by atoms with van der Waals surface area (Å²) in [7, 11) is 1.58. The Hall–Kier alpha value is -1.63. The van der Waals surface area contributed by atoms with Crippen molar-refractivity contribution in [1.29, 1.82) is 0 Å². The molecule has 0 unspecified atom stereocenters. The molecular formula is C14H25N3O4. The van der Waals surface area contributed by atoms with Gasteiger partial charge in [-0.15, -0.1) is 0 Å². The van der Waals surface area contributed by atoms with Crippen molar-refractivity contribution in [3.05, 3.63) is 0 Å². The average molecular weight is 299 g/mol. The van der Waals surface area contributed by atoms with Gasteiger partial charge in [-0.2, -0.15) is 0 Å². The van der Waals surface area contributed by atoms with E-state index in [9.17, 15) is 14.4 Å². The molecule has 0 atom stereocenters. The minimum absolute atomic E-state index is 0.0135. The molecule has 1 saturated heterocycles. The maximum absolute atomic E-state index is 11.8. The number of carbonyl (C=O) groups is 3. The zero-order valence-electron chi connectivity index (χ0n) is 12.8. The lowest BCUT2D eigenvalue weighted by atomic mass is 10.0. The SMILES string of the molecule is CCC(=O)NCC(=O)NC1CCN(C(=O)CCOC)CC1. The third kappa shape index (κ3) is 6.57. The topological polar surface area (TPSA) is 87.7 Å². The second kappa shape index (κ2) is 9.33. The van der Waals surface area contributed by atoms with Crippen LogP contribution in [0.5, 0.6) is 0 Å². The van der Waals surface area contributed by atoms with Crippen LogP contribution in [-0.4, -0.2) is 62.0 Å². The first-order valence-electron chi connectivity index (χ1n) is 7.39. The highest BCUT2D eigenvalue weighted by Gasteiger charge is 2.23. The van der Waals surface area contributed by atoms with Crippen molar-refractivity contribution in [2.45, 2.75) is 38.6 Å². The molecule has 0 aliphatic carbocycles. The Kier molecular flexibility index (Phi) is 7.74. The van der Waals surface area contributed by atoms with Gasteiger partial charge < -0.3 is 20.3 Å². The summed E-state index contributed by atoms with van der Waals surface area (Å²) in [6, 6.07) is 0.0718. The number of nitrogens with one attached hydrogen (secondary N) is 2. The first kappa shape index (κ1) is 17.4. The lowest BCUT2D eigenvalue weighted by Crippen LogP contribution is -2.48. The molecule has 21 heavy (non-hydrogen) atoms. The van der Waals surface area contributed by atoms with Gasteiger partial charge in [-0.1, -0.05) is 6.92 Å². The minimum atomic E-state index is -0.180. The number of methoxy groups -OCH3 is 1. The van der Waals surface area contributed by atoms with E-state index >= 15 is 0 Å². The second-order valence-electron chi connectivity index (χ2n) is 5.10. The standard InChI is InChI=1S/C14H25N3O4/c1-3-12(18)15-10-13(19)16-11-4-7-17(8-5-11)14(20)6-9-21-2/h11H,3-10H2,1-2H3,(H,15,18)(H,16,19). The Morgan fingerprint density at radius 3 is 2.43 bits per heavy atom. The summed E-state index contributed by atoms with van der Waals surface area (Å²) in [6.45, 7) is 3.49. The summed E-state index contributed by atoms with van der Waals surface area (Å²) < 4.78 is 4.89. The number of amides is 3. The molecule has 1 heterocycles. The number of rotatable bonds is 7. The number of likely N-dealkylation sites (tertiary alicyclic amines) is 1. The van der Waals surface area contributed by atoms with Crippen molar-refractivity contribution in [1.82, 2.24) is 15.5 Å². The molecule has 1 aliphatic heterocycles. The molecule has 0 bridgehead atoms. The first-order chi connectivity index (χ1) is 10.1. The van der Waals surface area contributed by atoms with Crippen LogP contribution in [0, 0.1) is 0 Å². The van der Waals surface area contributed by atoms with E-state index in [4.69, 9.17) is 4.74 Å². The fourth-order valence-electron chi connectivity index (χ4n) is 2.20. The quantitative estimate of drug-likeness (QED) is 0.673.